The van der Waals surface area contributed by atoms with Gasteiger partial charge in [-0.05, 0) is 145 Å². The second-order valence-corrected chi connectivity index (χ2v) is 30.3. The van der Waals surface area contributed by atoms with Crippen LogP contribution in [-0.4, -0.2) is 145 Å². The molecule has 5 N–H and O–H groups in total. The zero-order valence-corrected chi connectivity index (χ0v) is 55.6. The summed E-state index contributed by atoms with van der Waals surface area (Å²) >= 11 is 6.26. The van der Waals surface area contributed by atoms with Crippen LogP contribution in [0.25, 0.3) is 5.69 Å². The molecular formula is C63H79ClN8O15S4. The first-order valence-electron chi connectivity index (χ1n) is 30.2. The average molecular weight is 1350 g/mol. The number of nitrogens with one attached hydrogen (secondary N) is 2. The molecule has 0 radical (unpaired) electrons. The van der Waals surface area contributed by atoms with Gasteiger partial charge in [0.2, 0.25) is 17.5 Å². The molecule has 23 nitrogen and oxygen atoms in total. The molecule has 3 atom stereocenters. The van der Waals surface area contributed by atoms with E-state index in [9.17, 15) is 61.5 Å². The second-order valence-electron chi connectivity index (χ2n) is 23.9. The van der Waals surface area contributed by atoms with Crippen LogP contribution >= 0.6 is 11.6 Å². The van der Waals surface area contributed by atoms with E-state index in [0.29, 0.717) is 135 Å². The number of hydrogen-bond acceptors (Lipinski definition) is 16. The van der Waals surface area contributed by atoms with Gasteiger partial charge in [-0.2, -0.15) is 29.8 Å². The lowest BCUT2D eigenvalue weighted by Crippen LogP contribution is -2.43. The monoisotopic (exact) mass is 1350 g/mol. The minimum absolute atomic E-state index is 0.0223. The van der Waals surface area contributed by atoms with E-state index < -0.39 is 68.9 Å². The van der Waals surface area contributed by atoms with Crippen molar-refractivity contribution in [3.63, 3.8) is 0 Å². The van der Waals surface area contributed by atoms with E-state index in [1.165, 1.54) is 24.3 Å². The number of carbonyl (C=O) groups is 2. The van der Waals surface area contributed by atoms with Crippen LogP contribution in [0.1, 0.15) is 151 Å². The van der Waals surface area contributed by atoms with E-state index in [2.05, 4.69) is 25.7 Å². The molecule has 91 heavy (non-hydrogen) atoms. The molecule has 3 aliphatic rings. The van der Waals surface area contributed by atoms with E-state index in [1.807, 2.05) is 91.5 Å². The lowest BCUT2D eigenvalue weighted by Gasteiger charge is -2.37. The molecule has 0 spiro atoms. The lowest BCUT2D eigenvalue weighted by molar-refractivity contribution is -0.438. The number of aromatic nitrogens is 3. The normalized spacial score (nSPS) is 18.0. The molecule has 0 bridgehead atoms. The number of anilines is 1. The number of hydrogen-bond donors (Lipinski definition) is 5. The fraction of sp³-hybridized carbons (Fsp3) is 0.460. The first-order chi connectivity index (χ1) is 42.9. The molecule has 28 heteroatoms. The van der Waals surface area contributed by atoms with E-state index in [0.717, 1.165) is 28.9 Å². The highest BCUT2D eigenvalue weighted by molar-refractivity contribution is 7.86. The van der Waals surface area contributed by atoms with Gasteiger partial charge in [0.15, 0.2) is 11.5 Å². The van der Waals surface area contributed by atoms with E-state index in [-0.39, 0.29) is 53.3 Å². The number of rotatable bonds is 32. The molecule has 2 unspecified atom stereocenters. The molecule has 3 aliphatic heterocycles. The Hall–Kier alpha value is -6.69. The third kappa shape index (κ3) is 17.7. The maximum Gasteiger partial charge on any atom is 0.294 e. The molecule has 0 fully saturated rings. The summed E-state index contributed by atoms with van der Waals surface area (Å²) in [5.74, 6) is 0.500. The van der Waals surface area contributed by atoms with Crippen LogP contribution in [0.5, 0.6) is 5.75 Å². The second kappa shape index (κ2) is 29.5. The minimum atomic E-state index is -4.63. The molecular weight excluding hydrogens is 1270 g/mol. The number of carbonyl (C=O) groups excluding carboxylic acids is 2. The van der Waals surface area contributed by atoms with E-state index in [1.54, 1.807) is 31.4 Å². The van der Waals surface area contributed by atoms with Gasteiger partial charge in [0.05, 0.1) is 56.0 Å². The fourth-order valence-electron chi connectivity index (χ4n) is 12.5. The van der Waals surface area contributed by atoms with Crippen molar-refractivity contribution in [3.8, 4) is 11.4 Å². The number of halogens is 1. The van der Waals surface area contributed by atoms with Crippen molar-refractivity contribution >= 4 is 86.7 Å². The van der Waals surface area contributed by atoms with Gasteiger partial charge in [-0.3, -0.25) is 32.8 Å². The van der Waals surface area contributed by atoms with Crippen molar-refractivity contribution in [2.45, 2.75) is 150 Å². The summed E-state index contributed by atoms with van der Waals surface area (Å²) in [6.07, 6.45) is 13.5. The molecule has 8 rings (SSSR count). The number of aryl methyl sites for hydroxylation is 1. The number of unbranched alkanes of at least 4 members (excludes halogenated alkanes) is 6. The third-order valence-electron chi connectivity index (χ3n) is 17.1. The van der Waals surface area contributed by atoms with Gasteiger partial charge in [-0.25, -0.2) is 8.42 Å². The summed E-state index contributed by atoms with van der Waals surface area (Å²) in [5.41, 5.74) is 4.86. The number of methoxy groups -OCH3 is 1. The summed E-state index contributed by atoms with van der Waals surface area (Å²) in [4.78, 5) is 33.3. The summed E-state index contributed by atoms with van der Waals surface area (Å²) < 4.78 is 146. The number of nitrogens with zero attached hydrogens (tertiary/aromatic N) is 6. The Labute approximate surface area is 538 Å². The predicted octanol–water partition coefficient (Wildman–Crippen LogP) is 9.09. The minimum Gasteiger partial charge on any atom is -0.748 e. The van der Waals surface area contributed by atoms with Crippen molar-refractivity contribution in [2.75, 3.05) is 49.7 Å². The Morgan fingerprint density at radius 3 is 2.05 bits per heavy atom. The van der Waals surface area contributed by atoms with Crippen LogP contribution in [-0.2, 0) is 60.9 Å². The average Bonchev–Trinajstić information content (AvgIpc) is 1.61. The SMILES string of the molecule is COc1ccc2c(c1)C(c1ccc(Cl)cc1)=N[C@@H](CC(=O)NCCCCCNC(=O)CCCCCC1(C)c3cc(S(=O)(=O)O)ccc3N(CCCCS(=O)(=O)[O-])C1C/C=C/C=C/C1=[N+](CCCCS(=O)(=O)O)c3ccc(S(=O)(=O)O)cc3C1(C)C)c1nnc(C)n1-2. The highest BCUT2D eigenvalue weighted by Crippen LogP contribution is 2.51. The highest BCUT2D eigenvalue weighted by Gasteiger charge is 2.48. The van der Waals surface area contributed by atoms with Crippen molar-refractivity contribution < 1.29 is 70.8 Å². The van der Waals surface area contributed by atoms with Crippen LogP contribution in [0.2, 0.25) is 5.02 Å². The van der Waals surface area contributed by atoms with Crippen LogP contribution in [0.4, 0.5) is 11.4 Å². The third-order valence-corrected chi connectivity index (χ3v) is 20.7. The van der Waals surface area contributed by atoms with Gasteiger partial charge in [0.25, 0.3) is 30.4 Å². The van der Waals surface area contributed by atoms with Gasteiger partial charge in [0, 0.05) is 89.2 Å². The number of aliphatic imine (C=N–C) groups is 1. The zero-order valence-electron chi connectivity index (χ0n) is 51.5. The summed E-state index contributed by atoms with van der Waals surface area (Å²) in [6.45, 7) is 9.15. The number of ether oxygens (including phenoxy) is 1. The Kier molecular flexibility index (Phi) is 22.8. The largest absolute Gasteiger partial charge is 0.748 e. The van der Waals surface area contributed by atoms with Crippen molar-refractivity contribution in [2.24, 2.45) is 4.99 Å². The number of amides is 2. The molecule has 492 valence electrons. The lowest BCUT2D eigenvalue weighted by atomic mass is 9.73. The molecule has 0 saturated carbocycles. The highest BCUT2D eigenvalue weighted by atomic mass is 35.5. The van der Waals surface area contributed by atoms with E-state index in [4.69, 9.17) is 21.3 Å². The standard InChI is InChI=1S/C63H79ClN8O15S4/c1-43-68-69-61-52(67-60(44-22-24-45(64)25-23-44)49-39-46(87-5)26-29-53(49)72(43)61)42-59(74)66-34-14-8-13-33-65-58(73)21-11-7-12-32-63(4)51-41-48(91(84,85)86)28-31-55(51)71(36-16-18-38-89(78,79)80)57(63)20-10-6-9-19-56-62(2,3)50-40-47(90(81,82)83)27-30-54(50)70(56)35-15-17-37-88(75,76)77/h6,9-10,19,22-31,39-41,52,57H,7-8,11-18,20-21,32-38,42H2,1-5H3,(H5-,65,66,73,74,75,76,77,78,79,80,81,82,83,84,85,86)/b10-6+,19-9+/t52-,57?,63?/m0/s1. The van der Waals surface area contributed by atoms with Crippen LogP contribution in [0.15, 0.2) is 118 Å². The van der Waals surface area contributed by atoms with E-state index >= 15 is 0 Å². The van der Waals surface area contributed by atoms with Gasteiger partial charge in [-0.1, -0.05) is 61.7 Å². The maximum absolute atomic E-state index is 13.5. The Bertz CT molecular complexity index is 4120. The Morgan fingerprint density at radius 1 is 0.736 bits per heavy atom. The quantitative estimate of drug-likeness (QED) is 0.0116. The smallest absolute Gasteiger partial charge is 0.294 e. The number of allylic oxidation sites excluding steroid dienone is 3. The van der Waals surface area contributed by atoms with Gasteiger partial charge >= 0.3 is 0 Å². The zero-order chi connectivity index (χ0) is 66.1. The summed E-state index contributed by atoms with van der Waals surface area (Å²) in [5, 5.41) is 15.4. The Balaban J connectivity index is 0.872. The molecule has 0 aliphatic carbocycles. The van der Waals surface area contributed by atoms with Gasteiger partial charge < -0.3 is 24.8 Å². The number of benzene rings is 4. The molecule has 2 amide bonds. The molecule has 4 heterocycles. The maximum atomic E-state index is 13.5. The predicted molar refractivity (Wildman–Crippen MR) is 346 cm³/mol. The molecule has 4 aromatic carbocycles. The molecule has 0 saturated heterocycles. The first-order valence-corrected chi connectivity index (χ1v) is 36.7. The van der Waals surface area contributed by atoms with Crippen LogP contribution in [0, 0.1) is 6.92 Å². The van der Waals surface area contributed by atoms with Gasteiger partial charge in [-0.15, -0.1) is 10.2 Å². The van der Waals surface area contributed by atoms with Crippen molar-refractivity contribution in [1.82, 2.24) is 25.4 Å². The topological polar surface area (TPSA) is 337 Å². The van der Waals surface area contributed by atoms with Crippen molar-refractivity contribution in [3.05, 3.63) is 142 Å². The van der Waals surface area contributed by atoms with Crippen molar-refractivity contribution in [1.29, 1.82) is 0 Å². The molecule has 1 aromatic heterocycles. The van der Waals surface area contributed by atoms with Crippen LogP contribution in [0.3, 0.4) is 0 Å². The van der Waals surface area contributed by atoms with Gasteiger partial charge in [0.1, 0.15) is 24.2 Å². The fourth-order valence-corrected chi connectivity index (χ4v) is 14.8. The first kappa shape index (κ1) is 70.2. The summed E-state index contributed by atoms with van der Waals surface area (Å²) in [6, 6.07) is 20.7. The number of fused-ring (bicyclic) bond motifs is 5. The Morgan fingerprint density at radius 2 is 1.38 bits per heavy atom. The molecule has 5 aromatic rings. The van der Waals surface area contributed by atoms with Crippen LogP contribution < -0.4 is 20.3 Å². The summed E-state index contributed by atoms with van der Waals surface area (Å²) in [7, 11) is -16.3.